The summed E-state index contributed by atoms with van der Waals surface area (Å²) in [4.78, 5) is 4.68. The van der Waals surface area contributed by atoms with Gasteiger partial charge in [0.2, 0.25) is 0 Å². The molecule has 0 aromatic carbocycles. The van der Waals surface area contributed by atoms with Crippen molar-refractivity contribution in [3.05, 3.63) is 0 Å². The molecule has 4 heteroatoms. The fourth-order valence-corrected chi connectivity index (χ4v) is 1.91. The van der Waals surface area contributed by atoms with Gasteiger partial charge in [0.1, 0.15) is 0 Å². The minimum absolute atomic E-state index is 0.255. The first-order valence-electron chi connectivity index (χ1n) is 2.82. The highest BCUT2D eigenvalue weighted by molar-refractivity contribution is 7.54. The molecule has 1 atom stereocenters. The van der Waals surface area contributed by atoms with Gasteiger partial charge < -0.3 is 5.50 Å². The first kappa shape index (κ1) is 9.31. The second-order valence-electron chi connectivity index (χ2n) is 2.79. The van der Waals surface area contributed by atoms with Crippen LogP contribution in [0, 0.1) is 0 Å². The maximum atomic E-state index is 5.58. The number of hydrogen-bond acceptors (Lipinski definition) is 3. The molecule has 0 amide bonds. The van der Waals surface area contributed by atoms with Crippen LogP contribution in [-0.2, 0) is 4.84 Å². The van der Waals surface area contributed by atoms with Crippen LogP contribution in [0.2, 0.25) is 0 Å². The summed E-state index contributed by atoms with van der Waals surface area (Å²) in [6.45, 7) is 5.85. The monoisotopic (exact) mass is 150 g/mol. The zero-order valence-electron chi connectivity index (χ0n) is 6.22. The number of rotatable bonds is 3. The molecule has 0 aliphatic heterocycles. The summed E-state index contributed by atoms with van der Waals surface area (Å²) in [5.74, 6) is 5.01. The van der Waals surface area contributed by atoms with E-state index in [9.17, 15) is 0 Å². The topological polar surface area (TPSA) is 61.3 Å². The minimum atomic E-state index is -0.399. The molecule has 0 fully saturated rings. The molecule has 0 radical (unpaired) electrons. The highest BCUT2D eigenvalue weighted by Gasteiger charge is 2.18. The SMILES string of the molecule is CP(N)CC(C)(C)ON. The molecule has 0 aliphatic carbocycles. The Morgan fingerprint density at radius 3 is 2.11 bits per heavy atom. The third-order valence-electron chi connectivity index (χ3n) is 0.949. The van der Waals surface area contributed by atoms with E-state index in [0.29, 0.717) is 0 Å². The fraction of sp³-hybridized carbons (Fsp3) is 1.00. The lowest BCUT2D eigenvalue weighted by Gasteiger charge is -2.23. The normalized spacial score (nSPS) is 15.7. The maximum absolute atomic E-state index is 5.58. The van der Waals surface area contributed by atoms with E-state index in [1.165, 1.54) is 0 Å². The molecular formula is C5H15N2OP. The van der Waals surface area contributed by atoms with Crippen molar-refractivity contribution in [2.75, 3.05) is 12.8 Å². The van der Waals surface area contributed by atoms with E-state index in [0.717, 1.165) is 6.16 Å². The van der Waals surface area contributed by atoms with Gasteiger partial charge in [0.05, 0.1) is 5.60 Å². The average Bonchev–Trinajstić information content (AvgIpc) is 1.63. The van der Waals surface area contributed by atoms with Gasteiger partial charge >= 0.3 is 0 Å². The van der Waals surface area contributed by atoms with Gasteiger partial charge in [0, 0.05) is 6.16 Å². The Morgan fingerprint density at radius 1 is 1.56 bits per heavy atom. The van der Waals surface area contributed by atoms with Crippen molar-refractivity contribution in [2.24, 2.45) is 11.4 Å². The van der Waals surface area contributed by atoms with Crippen LogP contribution < -0.4 is 11.4 Å². The molecule has 0 spiro atoms. The summed E-state index contributed by atoms with van der Waals surface area (Å²) in [7, 11) is -0.399. The molecule has 0 saturated heterocycles. The molecule has 1 unspecified atom stereocenters. The van der Waals surface area contributed by atoms with E-state index >= 15 is 0 Å². The van der Waals surface area contributed by atoms with E-state index in [1.807, 2.05) is 20.5 Å². The van der Waals surface area contributed by atoms with Crippen LogP contribution >= 0.6 is 8.07 Å². The van der Waals surface area contributed by atoms with Crippen LogP contribution in [0.25, 0.3) is 0 Å². The minimum Gasteiger partial charge on any atom is -0.310 e. The Morgan fingerprint density at radius 2 is 2.00 bits per heavy atom. The molecule has 0 heterocycles. The first-order chi connectivity index (χ1) is 3.98. The third kappa shape index (κ3) is 4.79. The van der Waals surface area contributed by atoms with Crippen LogP contribution in [0.3, 0.4) is 0 Å². The fourth-order valence-electron chi connectivity index (χ4n) is 0.638. The van der Waals surface area contributed by atoms with Crippen molar-refractivity contribution in [1.29, 1.82) is 0 Å². The van der Waals surface area contributed by atoms with Gasteiger partial charge in [0.25, 0.3) is 0 Å². The average molecular weight is 150 g/mol. The van der Waals surface area contributed by atoms with E-state index < -0.39 is 8.07 Å². The smallest absolute Gasteiger partial charge is 0.0888 e. The quantitative estimate of drug-likeness (QED) is 0.458. The zero-order valence-corrected chi connectivity index (χ0v) is 7.11. The largest absolute Gasteiger partial charge is 0.310 e. The Labute approximate surface area is 57.5 Å². The van der Waals surface area contributed by atoms with Crippen LogP contribution in [0.1, 0.15) is 13.8 Å². The van der Waals surface area contributed by atoms with Gasteiger partial charge in [-0.2, -0.15) is 0 Å². The highest BCUT2D eigenvalue weighted by atomic mass is 31.1. The van der Waals surface area contributed by atoms with Crippen LogP contribution in [0.15, 0.2) is 0 Å². The van der Waals surface area contributed by atoms with E-state index in [-0.39, 0.29) is 5.60 Å². The Bertz CT molecular complexity index is 85.0. The van der Waals surface area contributed by atoms with Crippen LogP contribution in [0.5, 0.6) is 0 Å². The lowest BCUT2D eigenvalue weighted by atomic mass is 10.2. The molecule has 4 N–H and O–H groups in total. The summed E-state index contributed by atoms with van der Waals surface area (Å²) in [6, 6.07) is 0. The van der Waals surface area contributed by atoms with E-state index in [2.05, 4.69) is 4.84 Å². The van der Waals surface area contributed by atoms with Crippen molar-refractivity contribution >= 4 is 8.07 Å². The van der Waals surface area contributed by atoms with Gasteiger partial charge in [-0.05, 0) is 28.6 Å². The first-order valence-corrected chi connectivity index (χ1v) is 4.86. The summed E-state index contributed by atoms with van der Waals surface area (Å²) >= 11 is 0. The van der Waals surface area contributed by atoms with Crippen molar-refractivity contribution in [3.63, 3.8) is 0 Å². The number of hydrogen-bond donors (Lipinski definition) is 2. The summed E-state index contributed by atoms with van der Waals surface area (Å²) in [6.07, 6.45) is 0.846. The summed E-state index contributed by atoms with van der Waals surface area (Å²) < 4.78 is 0. The van der Waals surface area contributed by atoms with Crippen LogP contribution in [0.4, 0.5) is 0 Å². The van der Waals surface area contributed by atoms with Gasteiger partial charge in [0.15, 0.2) is 0 Å². The third-order valence-corrected chi connectivity index (χ3v) is 2.21. The van der Waals surface area contributed by atoms with Crippen molar-refractivity contribution < 1.29 is 4.84 Å². The predicted molar refractivity (Wildman–Crippen MR) is 41.2 cm³/mol. The molecule has 56 valence electrons. The van der Waals surface area contributed by atoms with Crippen molar-refractivity contribution in [3.8, 4) is 0 Å². The highest BCUT2D eigenvalue weighted by Crippen LogP contribution is 2.26. The molecule has 0 rings (SSSR count). The molecule has 3 nitrogen and oxygen atoms in total. The molecule has 9 heavy (non-hydrogen) atoms. The second kappa shape index (κ2) is 3.47. The predicted octanol–water partition coefficient (Wildman–Crippen LogP) is 0.641. The van der Waals surface area contributed by atoms with Crippen molar-refractivity contribution in [2.45, 2.75) is 19.4 Å². The Kier molecular flexibility index (Phi) is 3.59. The lowest BCUT2D eigenvalue weighted by Crippen LogP contribution is -2.32. The second-order valence-corrected chi connectivity index (χ2v) is 4.62. The molecular weight excluding hydrogens is 135 g/mol. The van der Waals surface area contributed by atoms with E-state index in [4.69, 9.17) is 11.4 Å². The van der Waals surface area contributed by atoms with Crippen molar-refractivity contribution in [1.82, 2.24) is 0 Å². The standard InChI is InChI=1S/C5H15N2OP/c1-5(2,8-6)4-9(3)7/h4,6-7H2,1-3H3. The van der Waals surface area contributed by atoms with E-state index in [1.54, 1.807) is 0 Å². The Balaban J connectivity index is 3.58. The molecule has 0 saturated carbocycles. The molecule has 0 bridgehead atoms. The summed E-state index contributed by atoms with van der Waals surface area (Å²) in [5.41, 5.74) is 5.33. The maximum Gasteiger partial charge on any atom is 0.0888 e. The van der Waals surface area contributed by atoms with Gasteiger partial charge in [-0.1, -0.05) is 0 Å². The van der Waals surface area contributed by atoms with Gasteiger partial charge in [-0.15, -0.1) is 0 Å². The Hall–Kier alpha value is 0.310. The van der Waals surface area contributed by atoms with Crippen LogP contribution in [-0.4, -0.2) is 18.4 Å². The van der Waals surface area contributed by atoms with Gasteiger partial charge in [-0.3, -0.25) is 4.84 Å². The molecule has 0 aromatic rings. The summed E-state index contributed by atoms with van der Waals surface area (Å²) in [5, 5.41) is 0. The number of nitrogens with two attached hydrogens (primary N) is 2. The van der Waals surface area contributed by atoms with Gasteiger partial charge in [-0.25, -0.2) is 5.90 Å². The lowest BCUT2D eigenvalue weighted by molar-refractivity contribution is -0.00121. The zero-order chi connectivity index (χ0) is 7.49. The molecule has 0 aromatic heterocycles. The molecule has 0 aliphatic rings.